The third-order valence-corrected chi connectivity index (χ3v) is 5.55. The maximum atomic E-state index is 12.2. The fourth-order valence-electron chi connectivity index (χ4n) is 3.44. The lowest BCUT2D eigenvalue weighted by atomic mass is 9.84. The third kappa shape index (κ3) is 4.08. The second kappa shape index (κ2) is 8.83. The van der Waals surface area contributed by atoms with Gasteiger partial charge in [-0.2, -0.15) is 5.26 Å². The fourth-order valence-corrected chi connectivity index (χ4v) is 3.86. The van der Waals surface area contributed by atoms with Crippen LogP contribution in [0.2, 0.25) is 10.0 Å². The van der Waals surface area contributed by atoms with Crippen LogP contribution in [0.15, 0.2) is 53.9 Å². The van der Waals surface area contributed by atoms with Crippen molar-refractivity contribution in [2.45, 2.75) is 12.8 Å². The minimum Gasteiger partial charge on any atom is -0.482 e. The predicted octanol–water partition coefficient (Wildman–Crippen LogP) is 4.26. The molecule has 0 radical (unpaired) electrons. The average Bonchev–Trinajstić information content (AvgIpc) is 3.13. The molecule has 1 unspecified atom stereocenters. The number of halogens is 2. The van der Waals surface area contributed by atoms with Crippen LogP contribution in [0.1, 0.15) is 22.7 Å². The maximum absolute atomic E-state index is 12.2. The van der Waals surface area contributed by atoms with Crippen LogP contribution >= 0.6 is 23.2 Å². The molecule has 1 aromatic heterocycles. The number of benzene rings is 2. The van der Waals surface area contributed by atoms with E-state index in [2.05, 4.69) is 21.6 Å². The summed E-state index contributed by atoms with van der Waals surface area (Å²) in [5.41, 5.74) is 8.84. The first-order valence-electron chi connectivity index (χ1n) is 9.48. The summed E-state index contributed by atoms with van der Waals surface area (Å²) in [6, 6.07) is 14.1. The highest BCUT2D eigenvalue weighted by molar-refractivity contribution is 6.33. The molecule has 10 heteroatoms. The molecule has 2 heterocycles. The summed E-state index contributed by atoms with van der Waals surface area (Å²) in [6.07, 6.45) is 0. The maximum Gasteiger partial charge on any atom is 0.262 e. The highest BCUT2D eigenvalue weighted by Gasteiger charge is 2.34. The van der Waals surface area contributed by atoms with E-state index in [9.17, 15) is 10.1 Å². The summed E-state index contributed by atoms with van der Waals surface area (Å²) >= 11 is 12.5. The number of hydrogen-bond donors (Lipinski definition) is 3. The van der Waals surface area contributed by atoms with Gasteiger partial charge in [-0.05, 0) is 36.8 Å². The number of anilines is 1. The number of aromatic amines is 1. The van der Waals surface area contributed by atoms with E-state index < -0.39 is 5.92 Å². The Kier molecular flexibility index (Phi) is 5.95. The zero-order chi connectivity index (χ0) is 22.8. The minimum absolute atomic E-state index is 0.0100. The van der Waals surface area contributed by atoms with Crippen molar-refractivity contribution in [3.63, 3.8) is 0 Å². The van der Waals surface area contributed by atoms with Gasteiger partial charge in [0.2, 0.25) is 11.8 Å². The first kappa shape index (κ1) is 21.6. The van der Waals surface area contributed by atoms with Crippen molar-refractivity contribution in [3.05, 3.63) is 80.8 Å². The normalized spacial score (nSPS) is 14.9. The van der Waals surface area contributed by atoms with Gasteiger partial charge >= 0.3 is 0 Å². The van der Waals surface area contributed by atoms with Gasteiger partial charge < -0.3 is 20.5 Å². The number of ether oxygens (including phenoxy) is 2. The summed E-state index contributed by atoms with van der Waals surface area (Å²) in [5, 5.41) is 20.0. The zero-order valence-corrected chi connectivity index (χ0v) is 18.3. The number of para-hydroxylation sites is 1. The molecule has 1 aliphatic rings. The van der Waals surface area contributed by atoms with Crippen LogP contribution in [0.25, 0.3) is 0 Å². The third-order valence-electron chi connectivity index (χ3n) is 4.93. The van der Waals surface area contributed by atoms with E-state index in [1.807, 2.05) is 6.92 Å². The molecule has 4 rings (SSSR count). The average molecular weight is 470 g/mol. The van der Waals surface area contributed by atoms with Crippen LogP contribution in [0.4, 0.5) is 5.69 Å². The van der Waals surface area contributed by atoms with Gasteiger partial charge in [-0.3, -0.25) is 9.89 Å². The molecule has 2 aromatic carbocycles. The molecular formula is C22H17Cl2N5O3. The number of aryl methyl sites for hydroxylation is 1. The van der Waals surface area contributed by atoms with E-state index in [0.717, 1.165) is 5.69 Å². The van der Waals surface area contributed by atoms with Gasteiger partial charge in [-0.1, -0.05) is 41.4 Å². The summed E-state index contributed by atoms with van der Waals surface area (Å²) in [6.45, 7) is 1.57. The Balaban J connectivity index is 1.54. The van der Waals surface area contributed by atoms with Gasteiger partial charge in [0.1, 0.15) is 17.4 Å². The monoisotopic (exact) mass is 469 g/mol. The molecule has 4 N–H and O–H groups in total. The lowest BCUT2D eigenvalue weighted by Crippen LogP contribution is -2.21. The Morgan fingerprint density at radius 3 is 2.81 bits per heavy atom. The van der Waals surface area contributed by atoms with Crippen LogP contribution in [0.5, 0.6) is 11.6 Å². The Morgan fingerprint density at radius 1 is 1.31 bits per heavy atom. The number of nitrogens with one attached hydrogen (secondary N) is 2. The van der Waals surface area contributed by atoms with Crippen molar-refractivity contribution >= 4 is 34.8 Å². The molecule has 3 aromatic rings. The number of nitrogens with zero attached hydrogens (tertiary/aromatic N) is 2. The lowest BCUT2D eigenvalue weighted by Gasteiger charge is -2.24. The molecule has 32 heavy (non-hydrogen) atoms. The summed E-state index contributed by atoms with van der Waals surface area (Å²) in [7, 11) is 0. The predicted molar refractivity (Wildman–Crippen MR) is 120 cm³/mol. The van der Waals surface area contributed by atoms with E-state index in [1.165, 1.54) is 0 Å². The number of allylic oxidation sites excluding steroid dienone is 1. The van der Waals surface area contributed by atoms with Crippen LogP contribution < -0.4 is 20.5 Å². The Hall–Kier alpha value is -3.67. The number of fused-ring (bicyclic) bond motifs is 1. The first-order chi connectivity index (χ1) is 15.4. The van der Waals surface area contributed by atoms with Crippen molar-refractivity contribution in [3.8, 4) is 17.7 Å². The summed E-state index contributed by atoms with van der Waals surface area (Å²) in [4.78, 5) is 12.2. The van der Waals surface area contributed by atoms with Crippen LogP contribution in [-0.4, -0.2) is 22.7 Å². The van der Waals surface area contributed by atoms with E-state index >= 15 is 0 Å². The Morgan fingerprint density at radius 2 is 2.09 bits per heavy atom. The topological polar surface area (TPSA) is 126 Å². The van der Waals surface area contributed by atoms with Gasteiger partial charge in [0, 0.05) is 11.3 Å². The molecule has 162 valence electrons. The van der Waals surface area contributed by atoms with E-state index in [4.69, 9.17) is 38.4 Å². The molecule has 0 fully saturated rings. The molecule has 0 aliphatic carbocycles. The highest BCUT2D eigenvalue weighted by atomic mass is 35.5. The van der Waals surface area contributed by atoms with Crippen LogP contribution in [0, 0.1) is 18.3 Å². The van der Waals surface area contributed by atoms with Crippen molar-refractivity contribution in [2.24, 2.45) is 5.73 Å². The molecule has 1 amide bonds. The number of rotatable bonds is 5. The Labute approximate surface area is 193 Å². The summed E-state index contributed by atoms with van der Waals surface area (Å²) < 4.78 is 11.0. The minimum atomic E-state index is -0.502. The van der Waals surface area contributed by atoms with E-state index in [-0.39, 0.29) is 29.0 Å². The van der Waals surface area contributed by atoms with Crippen LogP contribution in [-0.2, 0) is 4.79 Å². The molecule has 0 saturated carbocycles. The quantitative estimate of drug-likeness (QED) is 0.512. The molecule has 0 spiro atoms. The first-order valence-corrected chi connectivity index (χ1v) is 10.2. The standard InChI is InChI=1S/C22H17Cl2N5O3/c1-11-19-20(13(9-25)21(26)32-22(19)29-28-11)12-6-7-17(15(24)8-12)31-10-18(30)27-16-5-3-2-4-14(16)23/h2-8,20H,10,26H2,1H3,(H,27,30)(H,28,29). The van der Waals surface area contributed by atoms with Crippen molar-refractivity contribution in [1.29, 1.82) is 5.26 Å². The smallest absolute Gasteiger partial charge is 0.262 e. The second-order valence-corrected chi connectivity index (χ2v) is 7.81. The molecule has 0 saturated heterocycles. The summed E-state index contributed by atoms with van der Waals surface area (Å²) in [5.74, 6) is -0.265. The number of nitrogens with two attached hydrogens (primary N) is 1. The lowest BCUT2D eigenvalue weighted by molar-refractivity contribution is -0.118. The SMILES string of the molecule is Cc1[nH]nc2c1C(c1ccc(OCC(=O)Nc3ccccc3Cl)c(Cl)c1)C(C#N)=C(N)O2. The van der Waals surface area contributed by atoms with Gasteiger partial charge in [-0.15, -0.1) is 5.10 Å². The molecular weight excluding hydrogens is 453 g/mol. The van der Waals surface area contributed by atoms with Gasteiger partial charge in [0.05, 0.1) is 21.7 Å². The number of H-pyrrole nitrogens is 1. The molecule has 8 nitrogen and oxygen atoms in total. The van der Waals surface area contributed by atoms with Crippen molar-refractivity contribution in [1.82, 2.24) is 10.2 Å². The van der Waals surface area contributed by atoms with Crippen molar-refractivity contribution in [2.75, 3.05) is 11.9 Å². The largest absolute Gasteiger partial charge is 0.482 e. The van der Waals surface area contributed by atoms with Gasteiger partial charge in [-0.25, -0.2) is 0 Å². The highest BCUT2D eigenvalue weighted by Crippen LogP contribution is 2.43. The van der Waals surface area contributed by atoms with E-state index in [0.29, 0.717) is 33.5 Å². The van der Waals surface area contributed by atoms with Crippen molar-refractivity contribution < 1.29 is 14.3 Å². The number of amides is 1. The number of hydrogen-bond acceptors (Lipinski definition) is 6. The van der Waals surface area contributed by atoms with Gasteiger partial charge in [0.25, 0.3) is 5.91 Å². The second-order valence-electron chi connectivity index (χ2n) is 7.00. The molecule has 1 atom stereocenters. The van der Waals surface area contributed by atoms with Crippen LogP contribution in [0.3, 0.4) is 0 Å². The molecule has 0 bridgehead atoms. The fraction of sp³-hybridized carbons (Fsp3) is 0.136. The zero-order valence-electron chi connectivity index (χ0n) is 16.8. The van der Waals surface area contributed by atoms with E-state index in [1.54, 1.807) is 42.5 Å². The number of aromatic nitrogens is 2. The number of nitriles is 1. The number of carbonyl (C=O) groups is 1. The van der Waals surface area contributed by atoms with Gasteiger partial charge in [0.15, 0.2) is 6.61 Å². The number of carbonyl (C=O) groups excluding carboxylic acids is 1. The Bertz CT molecular complexity index is 1280. The molecule has 1 aliphatic heterocycles.